The maximum atomic E-state index is 11.6. The van der Waals surface area contributed by atoms with Gasteiger partial charge in [0, 0.05) is 33.1 Å². The minimum Gasteiger partial charge on any atom is -0.493 e. The zero-order valence-corrected chi connectivity index (χ0v) is 16.9. The fourth-order valence-electron chi connectivity index (χ4n) is 2.74. The summed E-state index contributed by atoms with van der Waals surface area (Å²) in [6, 6.07) is 6.40. The van der Waals surface area contributed by atoms with Gasteiger partial charge in [-0.1, -0.05) is 12.1 Å². The van der Waals surface area contributed by atoms with Gasteiger partial charge in [0.05, 0.1) is 6.61 Å². The lowest BCUT2D eigenvalue weighted by Crippen LogP contribution is -2.40. The van der Waals surface area contributed by atoms with Crippen molar-refractivity contribution in [3.05, 3.63) is 29.3 Å². The number of benzene rings is 1. The minimum absolute atomic E-state index is 0.384. The molecule has 1 amide bonds. The largest absolute Gasteiger partial charge is 0.493 e. The summed E-state index contributed by atoms with van der Waals surface area (Å²) in [7, 11) is 1.75. The van der Waals surface area contributed by atoms with Crippen molar-refractivity contribution >= 4 is 12.1 Å². The fourth-order valence-corrected chi connectivity index (χ4v) is 2.74. The monoisotopic (exact) mass is 376 g/mol. The number of rotatable bonds is 7. The molecule has 1 heterocycles. The molecule has 0 bridgehead atoms. The van der Waals surface area contributed by atoms with Crippen LogP contribution in [0.5, 0.6) is 5.75 Å². The molecule has 0 atom stereocenters. The molecule has 1 aromatic carbocycles. The lowest BCUT2D eigenvalue weighted by molar-refractivity contribution is 0.0527. The van der Waals surface area contributed by atoms with Crippen LogP contribution in [0.1, 0.15) is 38.3 Å². The molecule has 2 rings (SSSR count). The summed E-state index contributed by atoms with van der Waals surface area (Å²) in [5.74, 6) is 1.78. The Balaban J connectivity index is 1.58. The Morgan fingerprint density at radius 3 is 2.67 bits per heavy atom. The number of amides is 1. The Labute approximate surface area is 161 Å². The molecule has 0 saturated heterocycles. The number of nitrogens with zero attached hydrogens (tertiary/aromatic N) is 1. The summed E-state index contributed by atoms with van der Waals surface area (Å²) < 4.78 is 10.7. The molecule has 0 fully saturated rings. The number of guanidine groups is 1. The van der Waals surface area contributed by atoms with Crippen molar-refractivity contribution in [3.63, 3.8) is 0 Å². The van der Waals surface area contributed by atoms with Gasteiger partial charge in [-0.05, 0) is 50.8 Å². The van der Waals surface area contributed by atoms with Gasteiger partial charge in [0.1, 0.15) is 11.4 Å². The molecule has 0 spiro atoms. The Bertz CT molecular complexity index is 653. The van der Waals surface area contributed by atoms with Crippen LogP contribution in [-0.4, -0.2) is 50.9 Å². The van der Waals surface area contributed by atoms with Crippen LogP contribution in [0.3, 0.4) is 0 Å². The summed E-state index contributed by atoms with van der Waals surface area (Å²) in [5, 5.41) is 9.30. The number of hydrogen-bond donors (Lipinski definition) is 3. The van der Waals surface area contributed by atoms with Crippen molar-refractivity contribution in [3.8, 4) is 5.75 Å². The Hall–Kier alpha value is -2.44. The normalized spacial score (nSPS) is 13.6. The molecule has 7 heteroatoms. The van der Waals surface area contributed by atoms with E-state index in [0.717, 1.165) is 44.1 Å². The molecule has 1 aromatic rings. The molecule has 1 aliphatic heterocycles. The molecule has 3 N–H and O–H groups in total. The van der Waals surface area contributed by atoms with Gasteiger partial charge in [0.2, 0.25) is 0 Å². The lowest BCUT2D eigenvalue weighted by atomic mass is 10.1. The third-order valence-electron chi connectivity index (χ3n) is 4.00. The van der Waals surface area contributed by atoms with E-state index in [2.05, 4.69) is 39.1 Å². The number of alkyl carbamates (subject to hydrolysis) is 1. The quantitative estimate of drug-likeness (QED) is 0.386. The topological polar surface area (TPSA) is 84.0 Å². The predicted molar refractivity (Wildman–Crippen MR) is 108 cm³/mol. The zero-order valence-electron chi connectivity index (χ0n) is 16.9. The number of carbonyl (C=O) groups is 1. The number of carbonyl (C=O) groups excluding carboxylic acids is 1. The molecule has 0 aromatic heterocycles. The molecule has 0 unspecified atom stereocenters. The first-order valence-electron chi connectivity index (χ1n) is 9.53. The third kappa shape index (κ3) is 7.76. The highest BCUT2D eigenvalue weighted by Crippen LogP contribution is 2.25. The number of nitrogens with one attached hydrogen (secondary N) is 3. The molecule has 1 aliphatic rings. The van der Waals surface area contributed by atoms with Crippen LogP contribution in [0.2, 0.25) is 0 Å². The van der Waals surface area contributed by atoms with Crippen LogP contribution in [0.15, 0.2) is 23.2 Å². The zero-order chi connectivity index (χ0) is 19.7. The van der Waals surface area contributed by atoms with E-state index in [9.17, 15) is 4.79 Å². The van der Waals surface area contributed by atoms with E-state index in [1.807, 2.05) is 20.8 Å². The van der Waals surface area contributed by atoms with Crippen LogP contribution >= 0.6 is 0 Å². The molecular formula is C20H32N4O3. The standard InChI is InChI=1S/C20H32N4O3/c1-20(2,3)27-19(25)24-11-5-10-22-18(21-4)23-12-8-15-6-7-17-16(14-15)9-13-26-17/h6-7,14H,5,8-13H2,1-4H3,(H,24,25)(H2,21,22,23). The molecular weight excluding hydrogens is 344 g/mol. The molecule has 7 nitrogen and oxygen atoms in total. The first kappa shape index (κ1) is 20.9. The van der Waals surface area contributed by atoms with E-state index in [1.54, 1.807) is 7.05 Å². The first-order chi connectivity index (χ1) is 12.9. The van der Waals surface area contributed by atoms with Crippen molar-refractivity contribution in [2.24, 2.45) is 4.99 Å². The van der Waals surface area contributed by atoms with Gasteiger partial charge in [-0.3, -0.25) is 4.99 Å². The average molecular weight is 377 g/mol. The van der Waals surface area contributed by atoms with Gasteiger partial charge in [-0.25, -0.2) is 4.79 Å². The highest BCUT2D eigenvalue weighted by molar-refractivity contribution is 5.79. The molecule has 0 saturated carbocycles. The summed E-state index contributed by atoms with van der Waals surface area (Å²) in [5.41, 5.74) is 2.12. The average Bonchev–Trinajstić information content (AvgIpc) is 3.06. The summed E-state index contributed by atoms with van der Waals surface area (Å²) in [6.07, 6.45) is 2.32. The lowest BCUT2D eigenvalue weighted by Gasteiger charge is -2.19. The highest BCUT2D eigenvalue weighted by Gasteiger charge is 2.15. The van der Waals surface area contributed by atoms with Crippen LogP contribution in [-0.2, 0) is 17.6 Å². The van der Waals surface area contributed by atoms with E-state index in [4.69, 9.17) is 9.47 Å². The van der Waals surface area contributed by atoms with Gasteiger partial charge in [-0.15, -0.1) is 0 Å². The first-order valence-corrected chi connectivity index (χ1v) is 9.53. The van der Waals surface area contributed by atoms with Crippen molar-refractivity contribution in [2.75, 3.05) is 33.3 Å². The van der Waals surface area contributed by atoms with Crippen molar-refractivity contribution < 1.29 is 14.3 Å². The SMILES string of the molecule is CN=C(NCCCNC(=O)OC(C)(C)C)NCCc1ccc2c(c1)CCO2. The summed E-state index contributed by atoms with van der Waals surface area (Å²) in [6.45, 7) is 8.40. The van der Waals surface area contributed by atoms with Crippen LogP contribution < -0.4 is 20.7 Å². The van der Waals surface area contributed by atoms with E-state index < -0.39 is 5.60 Å². The molecule has 0 radical (unpaired) electrons. The van der Waals surface area contributed by atoms with Crippen molar-refractivity contribution in [1.82, 2.24) is 16.0 Å². The van der Waals surface area contributed by atoms with Crippen LogP contribution in [0, 0.1) is 0 Å². The number of ether oxygens (including phenoxy) is 2. The van der Waals surface area contributed by atoms with Gasteiger partial charge < -0.3 is 25.4 Å². The van der Waals surface area contributed by atoms with E-state index in [-0.39, 0.29) is 6.09 Å². The fraction of sp³-hybridized carbons (Fsp3) is 0.600. The second-order valence-corrected chi connectivity index (χ2v) is 7.50. The van der Waals surface area contributed by atoms with Crippen molar-refractivity contribution in [2.45, 2.75) is 45.6 Å². The Morgan fingerprint density at radius 2 is 1.93 bits per heavy atom. The van der Waals surface area contributed by atoms with Gasteiger partial charge in [0.15, 0.2) is 5.96 Å². The van der Waals surface area contributed by atoms with E-state index >= 15 is 0 Å². The minimum atomic E-state index is -0.472. The third-order valence-corrected chi connectivity index (χ3v) is 4.00. The van der Waals surface area contributed by atoms with Gasteiger partial charge in [0.25, 0.3) is 0 Å². The molecule has 150 valence electrons. The second kappa shape index (κ2) is 10.0. The molecule has 27 heavy (non-hydrogen) atoms. The highest BCUT2D eigenvalue weighted by atomic mass is 16.6. The Kier molecular flexibility index (Phi) is 7.76. The number of fused-ring (bicyclic) bond motifs is 1. The van der Waals surface area contributed by atoms with Crippen molar-refractivity contribution in [1.29, 1.82) is 0 Å². The maximum Gasteiger partial charge on any atom is 0.407 e. The second-order valence-electron chi connectivity index (χ2n) is 7.50. The Morgan fingerprint density at radius 1 is 1.19 bits per heavy atom. The van der Waals surface area contributed by atoms with E-state index in [1.165, 1.54) is 11.1 Å². The number of aliphatic imine (C=N–C) groups is 1. The summed E-state index contributed by atoms with van der Waals surface area (Å²) >= 11 is 0. The number of hydrogen-bond acceptors (Lipinski definition) is 4. The van der Waals surface area contributed by atoms with Gasteiger partial charge in [-0.2, -0.15) is 0 Å². The van der Waals surface area contributed by atoms with E-state index in [0.29, 0.717) is 13.1 Å². The van der Waals surface area contributed by atoms with Gasteiger partial charge >= 0.3 is 6.09 Å². The maximum absolute atomic E-state index is 11.6. The summed E-state index contributed by atoms with van der Waals surface area (Å²) in [4.78, 5) is 15.8. The van der Waals surface area contributed by atoms with Crippen LogP contribution in [0.25, 0.3) is 0 Å². The predicted octanol–water partition coefficient (Wildman–Crippen LogP) is 2.24. The van der Waals surface area contributed by atoms with Crippen LogP contribution in [0.4, 0.5) is 4.79 Å². The molecule has 0 aliphatic carbocycles. The smallest absolute Gasteiger partial charge is 0.407 e.